The number of halogens is 2. The molecule has 1 N–H and O–H groups in total. The summed E-state index contributed by atoms with van der Waals surface area (Å²) in [6.07, 6.45) is -0.488. The van der Waals surface area contributed by atoms with Gasteiger partial charge in [0.1, 0.15) is 11.5 Å². The van der Waals surface area contributed by atoms with E-state index in [-0.39, 0.29) is 0 Å². The first-order valence-electron chi connectivity index (χ1n) is 5.89. The predicted octanol–water partition coefficient (Wildman–Crippen LogP) is 5.37. The van der Waals surface area contributed by atoms with E-state index in [0.717, 1.165) is 31.6 Å². The lowest BCUT2D eigenvalue weighted by atomic mass is 10.1. The van der Waals surface area contributed by atoms with E-state index >= 15 is 0 Å². The Morgan fingerprint density at radius 2 is 1.79 bits per heavy atom. The van der Waals surface area contributed by atoms with Crippen LogP contribution in [0.3, 0.4) is 0 Å². The summed E-state index contributed by atoms with van der Waals surface area (Å²) in [5, 5.41) is 9.54. The highest BCUT2D eigenvalue weighted by atomic mass is 79.9. The van der Waals surface area contributed by atoms with Crippen LogP contribution in [0.5, 0.6) is 11.5 Å². The van der Waals surface area contributed by atoms with Crippen LogP contribution in [0.15, 0.2) is 45.3 Å². The molecule has 0 fully saturated rings. The summed E-state index contributed by atoms with van der Waals surface area (Å²) < 4.78 is 7.70. The topological polar surface area (TPSA) is 29.5 Å². The molecule has 2 rings (SSSR count). The van der Waals surface area contributed by atoms with Crippen LogP contribution in [0.1, 0.15) is 24.2 Å². The Bertz CT molecular complexity index is 595. The molecule has 2 aromatic carbocycles. The minimum Gasteiger partial charge on any atom is -0.456 e. The quantitative estimate of drug-likeness (QED) is 0.769. The van der Waals surface area contributed by atoms with E-state index in [2.05, 4.69) is 31.9 Å². The zero-order valence-corrected chi connectivity index (χ0v) is 13.8. The second kappa shape index (κ2) is 6.07. The van der Waals surface area contributed by atoms with Gasteiger partial charge in [0.05, 0.1) is 10.6 Å². The summed E-state index contributed by atoms with van der Waals surface area (Å²) in [4.78, 5) is 0. The number of benzene rings is 2. The van der Waals surface area contributed by atoms with E-state index in [9.17, 15) is 5.11 Å². The third-order valence-electron chi connectivity index (χ3n) is 2.81. The van der Waals surface area contributed by atoms with Gasteiger partial charge in [-0.2, -0.15) is 0 Å². The van der Waals surface area contributed by atoms with E-state index in [0.29, 0.717) is 0 Å². The van der Waals surface area contributed by atoms with Crippen LogP contribution in [-0.2, 0) is 0 Å². The maximum atomic E-state index is 9.54. The monoisotopic (exact) mass is 384 g/mol. The number of rotatable bonds is 3. The number of aryl methyl sites for hydroxylation is 1. The van der Waals surface area contributed by atoms with E-state index in [1.807, 2.05) is 43.3 Å². The summed E-state index contributed by atoms with van der Waals surface area (Å²) in [5.74, 6) is 1.53. The maximum Gasteiger partial charge on any atom is 0.141 e. The van der Waals surface area contributed by atoms with Crippen LogP contribution in [-0.4, -0.2) is 5.11 Å². The normalized spacial score (nSPS) is 12.3. The molecule has 2 nitrogen and oxygen atoms in total. The van der Waals surface area contributed by atoms with Crippen molar-refractivity contribution in [1.82, 2.24) is 0 Å². The van der Waals surface area contributed by atoms with Crippen molar-refractivity contribution in [1.29, 1.82) is 0 Å². The summed E-state index contributed by atoms with van der Waals surface area (Å²) in [6, 6.07) is 11.5. The highest BCUT2D eigenvalue weighted by molar-refractivity contribution is 9.10. The number of aliphatic hydroxyl groups is 1. The number of ether oxygens (including phenoxy) is 1. The molecule has 19 heavy (non-hydrogen) atoms. The van der Waals surface area contributed by atoms with Gasteiger partial charge in [-0.1, -0.05) is 28.1 Å². The van der Waals surface area contributed by atoms with E-state index < -0.39 is 6.10 Å². The summed E-state index contributed by atoms with van der Waals surface area (Å²) >= 11 is 6.90. The largest absolute Gasteiger partial charge is 0.456 e. The van der Waals surface area contributed by atoms with Crippen molar-refractivity contribution in [2.24, 2.45) is 0 Å². The van der Waals surface area contributed by atoms with Gasteiger partial charge in [-0.05, 0) is 65.2 Å². The average Bonchev–Trinajstić information content (AvgIpc) is 2.36. The lowest BCUT2D eigenvalue weighted by Crippen LogP contribution is -1.93. The molecule has 1 atom stereocenters. The highest BCUT2D eigenvalue weighted by Gasteiger charge is 2.08. The maximum absolute atomic E-state index is 9.54. The first-order chi connectivity index (χ1) is 8.97. The van der Waals surface area contributed by atoms with Crippen molar-refractivity contribution in [2.45, 2.75) is 20.0 Å². The number of hydrogen-bond acceptors (Lipinski definition) is 2. The van der Waals surface area contributed by atoms with Gasteiger partial charge in [-0.25, -0.2) is 0 Å². The van der Waals surface area contributed by atoms with Gasteiger partial charge in [-0.3, -0.25) is 0 Å². The van der Waals surface area contributed by atoms with E-state index in [1.54, 1.807) is 6.92 Å². The standard InChI is InChI=1S/C15H14Br2O2/c1-9-3-5-12(16)8-15(9)19-14-6-4-11(10(2)18)7-13(14)17/h3-8,10,18H,1-2H3/t10-/m1/s1. The molecule has 0 spiro atoms. The first-order valence-corrected chi connectivity index (χ1v) is 7.47. The Labute approximate surface area is 129 Å². The van der Waals surface area contributed by atoms with Crippen LogP contribution in [0.4, 0.5) is 0 Å². The molecule has 2 aromatic rings. The molecule has 4 heteroatoms. The molecule has 0 saturated carbocycles. The molecule has 0 radical (unpaired) electrons. The van der Waals surface area contributed by atoms with Gasteiger partial charge >= 0.3 is 0 Å². The smallest absolute Gasteiger partial charge is 0.141 e. The van der Waals surface area contributed by atoms with Gasteiger partial charge in [0.2, 0.25) is 0 Å². The first kappa shape index (κ1) is 14.6. The van der Waals surface area contributed by atoms with Gasteiger partial charge in [0.25, 0.3) is 0 Å². The molecule has 0 saturated heterocycles. The number of aliphatic hydroxyl groups excluding tert-OH is 1. The molecule has 0 aliphatic rings. The Balaban J connectivity index is 2.31. The predicted molar refractivity (Wildman–Crippen MR) is 83.7 cm³/mol. The van der Waals surface area contributed by atoms with Crippen LogP contribution >= 0.6 is 31.9 Å². The molecule has 0 heterocycles. The Morgan fingerprint density at radius 1 is 1.05 bits per heavy atom. The van der Waals surface area contributed by atoms with Crippen LogP contribution in [0.2, 0.25) is 0 Å². The van der Waals surface area contributed by atoms with E-state index in [4.69, 9.17) is 4.74 Å². The van der Waals surface area contributed by atoms with Crippen molar-refractivity contribution in [3.8, 4) is 11.5 Å². The molecule has 0 bridgehead atoms. The molecular weight excluding hydrogens is 372 g/mol. The lowest BCUT2D eigenvalue weighted by molar-refractivity contribution is 0.199. The van der Waals surface area contributed by atoms with Gasteiger partial charge in [-0.15, -0.1) is 0 Å². The van der Waals surface area contributed by atoms with Crippen LogP contribution in [0, 0.1) is 6.92 Å². The minimum absolute atomic E-state index is 0.488. The second-order valence-corrected chi connectivity index (χ2v) is 6.15. The average molecular weight is 386 g/mol. The van der Waals surface area contributed by atoms with Gasteiger partial charge in [0, 0.05) is 4.47 Å². The van der Waals surface area contributed by atoms with Gasteiger partial charge < -0.3 is 9.84 Å². The van der Waals surface area contributed by atoms with Crippen LogP contribution < -0.4 is 4.74 Å². The van der Waals surface area contributed by atoms with Crippen molar-refractivity contribution < 1.29 is 9.84 Å². The van der Waals surface area contributed by atoms with Gasteiger partial charge in [0.15, 0.2) is 0 Å². The molecular formula is C15H14Br2O2. The number of hydrogen-bond donors (Lipinski definition) is 1. The van der Waals surface area contributed by atoms with Crippen molar-refractivity contribution in [3.05, 3.63) is 56.5 Å². The Hall–Kier alpha value is -0.840. The summed E-state index contributed by atoms with van der Waals surface area (Å²) in [6.45, 7) is 3.74. The third kappa shape index (κ3) is 3.59. The molecule has 0 aliphatic carbocycles. The fraction of sp³-hybridized carbons (Fsp3) is 0.200. The lowest BCUT2D eigenvalue weighted by Gasteiger charge is -2.12. The molecule has 0 unspecified atom stereocenters. The molecule has 0 aromatic heterocycles. The van der Waals surface area contributed by atoms with Crippen molar-refractivity contribution in [2.75, 3.05) is 0 Å². The van der Waals surface area contributed by atoms with Crippen LogP contribution in [0.25, 0.3) is 0 Å². The molecule has 0 amide bonds. The fourth-order valence-corrected chi connectivity index (χ4v) is 2.48. The fourth-order valence-electron chi connectivity index (χ4n) is 1.66. The Morgan fingerprint density at radius 3 is 2.42 bits per heavy atom. The summed E-state index contributed by atoms with van der Waals surface area (Å²) in [7, 11) is 0. The van der Waals surface area contributed by atoms with Crippen molar-refractivity contribution in [3.63, 3.8) is 0 Å². The zero-order chi connectivity index (χ0) is 14.0. The second-order valence-electron chi connectivity index (χ2n) is 4.38. The third-order valence-corrected chi connectivity index (χ3v) is 3.92. The zero-order valence-electron chi connectivity index (χ0n) is 10.7. The Kier molecular flexibility index (Phi) is 4.66. The molecule has 0 aliphatic heterocycles. The van der Waals surface area contributed by atoms with E-state index in [1.165, 1.54) is 0 Å². The SMILES string of the molecule is Cc1ccc(Br)cc1Oc1ccc([C@@H](C)O)cc1Br. The summed E-state index contributed by atoms with van der Waals surface area (Å²) in [5.41, 5.74) is 1.92. The van der Waals surface area contributed by atoms with Crippen molar-refractivity contribution >= 4 is 31.9 Å². The molecule has 100 valence electrons. The highest BCUT2D eigenvalue weighted by Crippen LogP contribution is 2.34. The minimum atomic E-state index is -0.488.